The highest BCUT2D eigenvalue weighted by Crippen LogP contribution is 2.21. The van der Waals surface area contributed by atoms with Gasteiger partial charge in [0.15, 0.2) is 0 Å². The summed E-state index contributed by atoms with van der Waals surface area (Å²) in [5.41, 5.74) is 2.13. The van der Waals surface area contributed by atoms with Crippen LogP contribution in [0.3, 0.4) is 0 Å². The molecular weight excluding hydrogens is 308 g/mol. The van der Waals surface area contributed by atoms with Gasteiger partial charge >= 0.3 is 0 Å². The minimum atomic E-state index is -0.397. The molecule has 0 unspecified atom stereocenters. The normalized spacial score (nSPS) is 15.9. The Morgan fingerprint density at radius 3 is 2.38 bits per heavy atom. The van der Waals surface area contributed by atoms with Gasteiger partial charge in [-0.2, -0.15) is 5.26 Å². The lowest BCUT2D eigenvalue weighted by atomic mass is 10.0. The summed E-state index contributed by atoms with van der Waals surface area (Å²) in [6.45, 7) is 2.67. The molecule has 0 atom stereocenters. The summed E-state index contributed by atoms with van der Waals surface area (Å²) < 4.78 is 26.1. The zero-order valence-corrected chi connectivity index (χ0v) is 13.3. The number of nitrogens with one attached hydrogen (secondary N) is 1. The van der Waals surface area contributed by atoms with Gasteiger partial charge in [0.25, 0.3) is 0 Å². The van der Waals surface area contributed by atoms with Crippen molar-refractivity contribution in [2.24, 2.45) is 0 Å². The predicted molar refractivity (Wildman–Crippen MR) is 89.4 cm³/mol. The maximum absolute atomic E-state index is 13.2. The highest BCUT2D eigenvalue weighted by atomic mass is 19.1. The fourth-order valence-electron chi connectivity index (χ4n) is 3.04. The van der Waals surface area contributed by atoms with E-state index in [1.807, 2.05) is 18.2 Å². The number of hydrogen-bond donors (Lipinski definition) is 1. The molecule has 3 rings (SSSR count). The molecule has 2 aromatic rings. The Morgan fingerprint density at radius 1 is 1.04 bits per heavy atom. The van der Waals surface area contributed by atoms with Crippen LogP contribution in [0.5, 0.6) is 0 Å². The minimum absolute atomic E-state index is 0.214. The van der Waals surface area contributed by atoms with E-state index in [4.69, 9.17) is 5.26 Å². The fourth-order valence-corrected chi connectivity index (χ4v) is 3.04. The van der Waals surface area contributed by atoms with Crippen LogP contribution in [-0.4, -0.2) is 24.0 Å². The molecule has 1 N–H and O–H groups in total. The summed E-state index contributed by atoms with van der Waals surface area (Å²) in [4.78, 5) is 2.33. The molecule has 24 heavy (non-hydrogen) atoms. The van der Waals surface area contributed by atoms with E-state index in [1.54, 1.807) is 6.07 Å². The van der Waals surface area contributed by atoms with Gasteiger partial charge in [-0.3, -0.25) is 4.90 Å². The number of benzene rings is 2. The van der Waals surface area contributed by atoms with Crippen LogP contribution in [0.2, 0.25) is 0 Å². The zero-order valence-electron chi connectivity index (χ0n) is 13.3. The Labute approximate surface area is 140 Å². The van der Waals surface area contributed by atoms with E-state index in [2.05, 4.69) is 10.2 Å². The summed E-state index contributed by atoms with van der Waals surface area (Å²) in [6, 6.07) is 13.2. The quantitative estimate of drug-likeness (QED) is 0.925. The SMILES string of the molecule is N#Cc1cc(F)ccc1NC1CCN(Cc2ccc(F)cc2)CC1. The van der Waals surface area contributed by atoms with Crippen molar-refractivity contribution in [3.63, 3.8) is 0 Å². The third-order valence-corrected chi connectivity index (χ3v) is 4.37. The van der Waals surface area contributed by atoms with Crippen LogP contribution in [0.15, 0.2) is 42.5 Å². The van der Waals surface area contributed by atoms with E-state index >= 15 is 0 Å². The second kappa shape index (κ2) is 7.41. The van der Waals surface area contributed by atoms with Gasteiger partial charge in [-0.25, -0.2) is 8.78 Å². The number of rotatable bonds is 4. The number of anilines is 1. The fraction of sp³-hybridized carbons (Fsp3) is 0.316. The maximum Gasteiger partial charge on any atom is 0.124 e. The summed E-state index contributed by atoms with van der Waals surface area (Å²) in [5.74, 6) is -0.611. The summed E-state index contributed by atoms with van der Waals surface area (Å²) in [5, 5.41) is 12.5. The number of likely N-dealkylation sites (tertiary alicyclic amines) is 1. The molecule has 0 bridgehead atoms. The molecule has 3 nitrogen and oxygen atoms in total. The number of halogens is 2. The standard InChI is InChI=1S/C19H19F2N3/c20-16-3-1-14(2-4-16)13-24-9-7-18(8-10-24)23-19-6-5-17(21)11-15(19)12-22/h1-6,11,18,23H,7-10,13H2. The lowest BCUT2D eigenvalue weighted by Gasteiger charge is -2.33. The zero-order chi connectivity index (χ0) is 16.9. The monoisotopic (exact) mass is 327 g/mol. The van der Waals surface area contributed by atoms with Gasteiger partial charge < -0.3 is 5.32 Å². The lowest BCUT2D eigenvalue weighted by Crippen LogP contribution is -2.38. The van der Waals surface area contributed by atoms with E-state index in [1.165, 1.54) is 24.3 Å². The van der Waals surface area contributed by atoms with E-state index < -0.39 is 5.82 Å². The van der Waals surface area contributed by atoms with Gasteiger partial charge in [0.1, 0.15) is 17.7 Å². The topological polar surface area (TPSA) is 39.1 Å². The maximum atomic E-state index is 13.2. The summed E-state index contributed by atoms with van der Waals surface area (Å²) in [7, 11) is 0. The first kappa shape index (κ1) is 16.4. The van der Waals surface area contributed by atoms with Crippen LogP contribution >= 0.6 is 0 Å². The van der Waals surface area contributed by atoms with Crippen LogP contribution in [0.1, 0.15) is 24.0 Å². The number of nitriles is 1. The number of nitrogens with zero attached hydrogens (tertiary/aromatic N) is 2. The molecule has 1 fully saturated rings. The van der Waals surface area contributed by atoms with E-state index in [0.717, 1.165) is 38.0 Å². The van der Waals surface area contributed by atoms with Crippen molar-refractivity contribution in [1.29, 1.82) is 5.26 Å². The Hall–Kier alpha value is -2.45. The second-order valence-corrected chi connectivity index (χ2v) is 6.12. The van der Waals surface area contributed by atoms with E-state index in [9.17, 15) is 8.78 Å². The van der Waals surface area contributed by atoms with Crippen molar-refractivity contribution in [3.8, 4) is 6.07 Å². The average Bonchev–Trinajstić information content (AvgIpc) is 2.60. The highest BCUT2D eigenvalue weighted by molar-refractivity contribution is 5.57. The molecule has 1 saturated heterocycles. The van der Waals surface area contributed by atoms with Crippen LogP contribution < -0.4 is 5.32 Å². The minimum Gasteiger partial charge on any atom is -0.381 e. The Morgan fingerprint density at radius 2 is 1.71 bits per heavy atom. The van der Waals surface area contributed by atoms with Gasteiger partial charge in [0.2, 0.25) is 0 Å². The highest BCUT2D eigenvalue weighted by Gasteiger charge is 2.20. The third-order valence-electron chi connectivity index (χ3n) is 4.37. The molecule has 0 saturated carbocycles. The summed E-state index contributed by atoms with van der Waals surface area (Å²) in [6.07, 6.45) is 1.90. The van der Waals surface area contributed by atoms with Crippen molar-refractivity contribution < 1.29 is 8.78 Å². The molecule has 1 aliphatic rings. The molecule has 1 aliphatic heterocycles. The molecule has 0 radical (unpaired) electrons. The van der Waals surface area contributed by atoms with E-state index in [0.29, 0.717) is 11.3 Å². The van der Waals surface area contributed by atoms with Crippen LogP contribution in [0, 0.1) is 23.0 Å². The molecule has 0 aliphatic carbocycles. The van der Waals surface area contributed by atoms with Crippen LogP contribution in [0.4, 0.5) is 14.5 Å². The van der Waals surface area contributed by atoms with Gasteiger partial charge in [-0.1, -0.05) is 12.1 Å². The first-order valence-corrected chi connectivity index (χ1v) is 8.07. The first-order valence-electron chi connectivity index (χ1n) is 8.07. The summed E-state index contributed by atoms with van der Waals surface area (Å²) >= 11 is 0. The van der Waals surface area contributed by atoms with Crippen LogP contribution in [-0.2, 0) is 6.54 Å². The molecule has 124 valence electrons. The van der Waals surface area contributed by atoms with Crippen molar-refractivity contribution >= 4 is 5.69 Å². The third kappa shape index (κ3) is 4.09. The van der Waals surface area contributed by atoms with Crippen molar-refractivity contribution in [2.45, 2.75) is 25.4 Å². The molecule has 0 amide bonds. The molecule has 0 aromatic heterocycles. The lowest BCUT2D eigenvalue weighted by molar-refractivity contribution is 0.211. The van der Waals surface area contributed by atoms with Crippen LogP contribution in [0.25, 0.3) is 0 Å². The first-order chi connectivity index (χ1) is 11.6. The number of piperidine rings is 1. The second-order valence-electron chi connectivity index (χ2n) is 6.12. The van der Waals surface area contributed by atoms with Gasteiger partial charge in [-0.15, -0.1) is 0 Å². The Bertz CT molecular complexity index is 729. The molecule has 0 spiro atoms. The Balaban J connectivity index is 1.54. The average molecular weight is 327 g/mol. The number of hydrogen-bond acceptors (Lipinski definition) is 3. The molecular formula is C19H19F2N3. The predicted octanol–water partition coefficient (Wildman–Crippen LogP) is 3.91. The van der Waals surface area contributed by atoms with Crippen molar-refractivity contribution in [2.75, 3.05) is 18.4 Å². The van der Waals surface area contributed by atoms with Crippen molar-refractivity contribution in [3.05, 3.63) is 65.2 Å². The van der Waals surface area contributed by atoms with Gasteiger partial charge in [0, 0.05) is 25.7 Å². The molecule has 5 heteroatoms. The van der Waals surface area contributed by atoms with Gasteiger partial charge in [-0.05, 0) is 48.7 Å². The smallest absolute Gasteiger partial charge is 0.124 e. The van der Waals surface area contributed by atoms with E-state index in [-0.39, 0.29) is 11.9 Å². The van der Waals surface area contributed by atoms with Gasteiger partial charge in [0.05, 0.1) is 11.3 Å². The molecule has 2 aromatic carbocycles. The Kier molecular flexibility index (Phi) is 5.07. The largest absolute Gasteiger partial charge is 0.381 e. The van der Waals surface area contributed by atoms with Crippen molar-refractivity contribution in [1.82, 2.24) is 4.90 Å². The molecule has 1 heterocycles.